The van der Waals surface area contributed by atoms with Gasteiger partial charge in [0.25, 0.3) is 0 Å². The van der Waals surface area contributed by atoms with E-state index in [-0.39, 0.29) is 24.3 Å². The summed E-state index contributed by atoms with van der Waals surface area (Å²) in [6.45, 7) is 2.60. The summed E-state index contributed by atoms with van der Waals surface area (Å²) in [7, 11) is 4.62. The summed E-state index contributed by atoms with van der Waals surface area (Å²) in [5, 5.41) is 9.52. The highest BCUT2D eigenvalue weighted by Gasteiger charge is 2.21. The highest BCUT2D eigenvalue weighted by Crippen LogP contribution is 2.35. The molecule has 1 atom stereocenters. The number of unbranched alkanes of at least 4 members (excludes halogenated alkanes) is 1. The van der Waals surface area contributed by atoms with Crippen molar-refractivity contribution in [1.29, 1.82) is 0 Å². The third-order valence-electron chi connectivity index (χ3n) is 4.37. The maximum absolute atomic E-state index is 12.6. The van der Waals surface area contributed by atoms with E-state index in [1.807, 2.05) is 0 Å². The molecule has 0 amide bonds. The molecule has 0 spiro atoms. The molecule has 2 rings (SSSR count). The minimum atomic E-state index is -0.195. The number of ether oxygens (including phenoxy) is 3. The number of benzene rings is 1. The topological polar surface area (TPSA) is 68.2 Å². The second kappa shape index (κ2) is 10.5. The Bertz CT molecular complexity index is 541. The molecule has 1 N–H and O–H groups in total. The van der Waals surface area contributed by atoms with Crippen LogP contribution in [0, 0.1) is 0 Å². The zero-order valence-electron chi connectivity index (χ0n) is 15.1. The molecule has 1 aromatic carbocycles. The Balaban J connectivity index is 0.00000312. The highest BCUT2D eigenvalue weighted by atomic mass is 35.5. The number of hydrogen-bond acceptors (Lipinski definition) is 6. The predicted molar refractivity (Wildman–Crippen MR) is 98.6 cm³/mol. The summed E-state index contributed by atoms with van der Waals surface area (Å²) in [6.07, 6.45) is 2.82. The van der Waals surface area contributed by atoms with Gasteiger partial charge < -0.3 is 24.2 Å². The number of hydrogen-bond donors (Lipinski definition) is 1. The molecule has 25 heavy (non-hydrogen) atoms. The van der Waals surface area contributed by atoms with Gasteiger partial charge in [-0.1, -0.05) is 0 Å². The van der Waals surface area contributed by atoms with Crippen molar-refractivity contribution in [3.05, 3.63) is 17.7 Å². The van der Waals surface area contributed by atoms with Gasteiger partial charge in [-0.2, -0.15) is 0 Å². The highest BCUT2D eigenvalue weighted by molar-refractivity contribution is 6.01. The molecule has 0 saturated carbocycles. The number of Topliss-reactive ketones (excluding diaryl/α,β-unsaturated/α-hetero) is 1. The standard InChI is InChI=1S/C18H27NO5.ClH/c1-22-14-10-16(23-2)18(17(11-14)24-3)15(21)6-4-5-8-19-9-7-13(20)12-19;/h10-11,13,20H,4-9,12H2,1-3H3;1H/t13-;/m1./s1. The predicted octanol–water partition coefficient (Wildman–Crippen LogP) is 2.55. The molecule has 6 nitrogen and oxygen atoms in total. The van der Waals surface area contributed by atoms with Crippen LogP contribution in [0.1, 0.15) is 36.0 Å². The summed E-state index contributed by atoms with van der Waals surface area (Å²) >= 11 is 0. The molecule has 1 fully saturated rings. The lowest BCUT2D eigenvalue weighted by atomic mass is 10.0. The van der Waals surface area contributed by atoms with E-state index in [1.54, 1.807) is 19.2 Å². The first-order valence-electron chi connectivity index (χ1n) is 8.32. The smallest absolute Gasteiger partial charge is 0.170 e. The van der Waals surface area contributed by atoms with Gasteiger partial charge in [-0.3, -0.25) is 4.79 Å². The number of rotatable bonds is 9. The van der Waals surface area contributed by atoms with Gasteiger partial charge in [-0.25, -0.2) is 0 Å². The molecule has 142 valence electrons. The number of carbonyl (C=O) groups is 1. The number of likely N-dealkylation sites (tertiary alicyclic amines) is 1. The van der Waals surface area contributed by atoms with Gasteiger partial charge in [-0.15, -0.1) is 12.4 Å². The van der Waals surface area contributed by atoms with Crippen LogP contribution in [-0.4, -0.2) is 62.9 Å². The largest absolute Gasteiger partial charge is 0.496 e. The first-order chi connectivity index (χ1) is 11.6. The first kappa shape index (κ1) is 21.5. The van der Waals surface area contributed by atoms with Crippen molar-refractivity contribution >= 4 is 18.2 Å². The van der Waals surface area contributed by atoms with Gasteiger partial charge >= 0.3 is 0 Å². The van der Waals surface area contributed by atoms with Crippen LogP contribution in [0.3, 0.4) is 0 Å². The maximum Gasteiger partial charge on any atom is 0.170 e. The monoisotopic (exact) mass is 373 g/mol. The lowest BCUT2D eigenvalue weighted by Gasteiger charge is -2.15. The second-order valence-corrected chi connectivity index (χ2v) is 6.03. The third-order valence-corrected chi connectivity index (χ3v) is 4.37. The van der Waals surface area contributed by atoms with E-state index in [0.717, 1.165) is 38.9 Å². The van der Waals surface area contributed by atoms with E-state index in [0.29, 0.717) is 29.2 Å². The van der Waals surface area contributed by atoms with Crippen molar-refractivity contribution in [1.82, 2.24) is 4.90 Å². The van der Waals surface area contributed by atoms with Crippen molar-refractivity contribution in [2.24, 2.45) is 0 Å². The molecule has 1 aliphatic heterocycles. The van der Waals surface area contributed by atoms with Gasteiger partial charge in [0.1, 0.15) is 22.8 Å². The average Bonchev–Trinajstić information content (AvgIpc) is 3.02. The van der Waals surface area contributed by atoms with Gasteiger partial charge in [0.15, 0.2) is 5.78 Å². The van der Waals surface area contributed by atoms with Crippen LogP contribution in [0.5, 0.6) is 17.2 Å². The maximum atomic E-state index is 12.6. The van der Waals surface area contributed by atoms with Crippen LogP contribution in [0.4, 0.5) is 0 Å². The third kappa shape index (κ3) is 5.76. The molecule has 1 aromatic rings. The van der Waals surface area contributed by atoms with Crippen molar-refractivity contribution in [3.63, 3.8) is 0 Å². The van der Waals surface area contributed by atoms with Crippen molar-refractivity contribution < 1.29 is 24.1 Å². The van der Waals surface area contributed by atoms with E-state index in [9.17, 15) is 9.90 Å². The normalized spacial score (nSPS) is 17.0. The van der Waals surface area contributed by atoms with E-state index >= 15 is 0 Å². The van der Waals surface area contributed by atoms with E-state index < -0.39 is 0 Å². The number of methoxy groups -OCH3 is 3. The van der Waals surface area contributed by atoms with Crippen LogP contribution >= 0.6 is 12.4 Å². The number of carbonyl (C=O) groups excluding carboxylic acids is 1. The number of aliphatic hydroxyl groups is 1. The Morgan fingerprint density at radius 2 is 1.80 bits per heavy atom. The number of halogens is 1. The summed E-state index contributed by atoms with van der Waals surface area (Å²) in [6, 6.07) is 3.39. The summed E-state index contributed by atoms with van der Waals surface area (Å²) in [5.41, 5.74) is 0.470. The number of β-amino-alcohol motifs (C(OH)–C–C–N with tert-alkyl or cyclic N) is 1. The van der Waals surface area contributed by atoms with E-state index in [1.165, 1.54) is 14.2 Å². The molecular weight excluding hydrogens is 346 g/mol. The molecule has 0 aromatic heterocycles. The average molecular weight is 374 g/mol. The molecule has 0 aliphatic carbocycles. The van der Waals surface area contributed by atoms with Crippen molar-refractivity contribution in [3.8, 4) is 17.2 Å². The Morgan fingerprint density at radius 3 is 2.28 bits per heavy atom. The fraction of sp³-hybridized carbons (Fsp3) is 0.611. The van der Waals surface area contributed by atoms with Gasteiger partial charge in [0.2, 0.25) is 0 Å². The zero-order chi connectivity index (χ0) is 17.5. The molecule has 1 aliphatic rings. The Labute approximate surface area is 155 Å². The molecule has 7 heteroatoms. The minimum Gasteiger partial charge on any atom is -0.496 e. The van der Waals surface area contributed by atoms with Crippen molar-refractivity contribution in [2.75, 3.05) is 41.0 Å². The SMILES string of the molecule is COc1cc(OC)c(C(=O)CCCCN2CC[C@@H](O)C2)c(OC)c1.Cl. The van der Waals surface area contributed by atoms with Crippen LogP contribution in [0.15, 0.2) is 12.1 Å². The van der Waals surface area contributed by atoms with E-state index in [2.05, 4.69) is 4.90 Å². The van der Waals surface area contributed by atoms with Gasteiger partial charge in [0.05, 0.1) is 27.4 Å². The van der Waals surface area contributed by atoms with Crippen LogP contribution in [0.25, 0.3) is 0 Å². The second-order valence-electron chi connectivity index (χ2n) is 6.03. The van der Waals surface area contributed by atoms with Crippen LogP contribution in [0.2, 0.25) is 0 Å². The Kier molecular flexibility index (Phi) is 9.03. The molecular formula is C18H28ClNO5. The number of ketones is 1. The van der Waals surface area contributed by atoms with Crippen molar-refractivity contribution in [2.45, 2.75) is 31.8 Å². The fourth-order valence-corrected chi connectivity index (χ4v) is 3.04. The lowest BCUT2D eigenvalue weighted by molar-refractivity contribution is 0.0971. The molecule has 0 unspecified atom stereocenters. The molecule has 1 saturated heterocycles. The summed E-state index contributed by atoms with van der Waals surface area (Å²) in [5.74, 6) is 1.54. The minimum absolute atomic E-state index is 0. The summed E-state index contributed by atoms with van der Waals surface area (Å²) < 4.78 is 15.9. The van der Waals surface area contributed by atoms with E-state index in [4.69, 9.17) is 14.2 Å². The van der Waals surface area contributed by atoms with Gasteiger partial charge in [0, 0.05) is 31.6 Å². The quantitative estimate of drug-likeness (QED) is 0.530. The van der Waals surface area contributed by atoms with Crippen LogP contribution < -0.4 is 14.2 Å². The molecule has 0 bridgehead atoms. The lowest BCUT2D eigenvalue weighted by Crippen LogP contribution is -2.23. The Morgan fingerprint density at radius 1 is 1.16 bits per heavy atom. The van der Waals surface area contributed by atoms with Crippen LogP contribution in [-0.2, 0) is 0 Å². The summed E-state index contributed by atoms with van der Waals surface area (Å²) in [4.78, 5) is 14.8. The Hall–Kier alpha value is -1.50. The number of nitrogens with zero attached hydrogens (tertiary/aromatic N) is 1. The fourth-order valence-electron chi connectivity index (χ4n) is 3.04. The number of aliphatic hydroxyl groups excluding tert-OH is 1. The first-order valence-corrected chi connectivity index (χ1v) is 8.32. The molecule has 0 radical (unpaired) electrons. The zero-order valence-corrected chi connectivity index (χ0v) is 15.9. The molecule has 1 heterocycles. The van der Waals surface area contributed by atoms with Gasteiger partial charge in [-0.05, 0) is 25.8 Å².